The van der Waals surface area contributed by atoms with Gasteiger partial charge in [0.1, 0.15) is 6.04 Å². The molecule has 2 aromatic rings. The van der Waals surface area contributed by atoms with Gasteiger partial charge in [-0.3, -0.25) is 9.10 Å². The normalized spacial score (nSPS) is 13.1. The predicted octanol–water partition coefficient (Wildman–Crippen LogP) is 3.79. The molecule has 0 bridgehead atoms. The molecule has 2 rings (SSSR count). The lowest BCUT2D eigenvalue weighted by atomic mass is 10.1. The van der Waals surface area contributed by atoms with Crippen LogP contribution in [0.2, 0.25) is 0 Å². The molecule has 1 amide bonds. The van der Waals surface area contributed by atoms with Crippen LogP contribution >= 0.6 is 0 Å². The third-order valence-electron chi connectivity index (χ3n) is 4.41. The van der Waals surface area contributed by atoms with Gasteiger partial charge in [0.05, 0.1) is 17.5 Å². The molecule has 0 spiro atoms. The van der Waals surface area contributed by atoms with Crippen LogP contribution in [0, 0.1) is 13.8 Å². The molecule has 0 unspecified atom stereocenters. The predicted molar refractivity (Wildman–Crippen MR) is 106 cm³/mol. The Kier molecular flexibility index (Phi) is 6.62. The van der Waals surface area contributed by atoms with Gasteiger partial charge in [-0.2, -0.15) is 13.2 Å². The van der Waals surface area contributed by atoms with Crippen LogP contribution in [0.1, 0.15) is 29.2 Å². The zero-order chi connectivity index (χ0) is 22.0. The van der Waals surface area contributed by atoms with Crippen molar-refractivity contribution in [3.8, 4) is 0 Å². The number of nitrogens with zero attached hydrogens (tertiary/aromatic N) is 1. The van der Waals surface area contributed by atoms with E-state index in [-0.39, 0.29) is 12.1 Å². The molecule has 158 valence electrons. The van der Waals surface area contributed by atoms with Crippen molar-refractivity contribution in [3.63, 3.8) is 0 Å². The van der Waals surface area contributed by atoms with E-state index < -0.39 is 33.7 Å². The van der Waals surface area contributed by atoms with Crippen molar-refractivity contribution >= 4 is 21.6 Å². The van der Waals surface area contributed by atoms with Crippen molar-refractivity contribution in [1.29, 1.82) is 0 Å². The van der Waals surface area contributed by atoms with Crippen molar-refractivity contribution in [3.05, 3.63) is 64.7 Å². The molecule has 1 atom stereocenters. The number of rotatable bonds is 6. The lowest BCUT2D eigenvalue weighted by Gasteiger charge is -2.29. The molecule has 5 nitrogen and oxygen atoms in total. The van der Waals surface area contributed by atoms with Gasteiger partial charge >= 0.3 is 6.18 Å². The monoisotopic (exact) mass is 428 g/mol. The first-order valence-corrected chi connectivity index (χ1v) is 10.7. The molecule has 0 saturated heterocycles. The number of sulfonamides is 1. The highest BCUT2D eigenvalue weighted by Crippen LogP contribution is 2.29. The maximum Gasteiger partial charge on any atom is 0.416 e. The summed E-state index contributed by atoms with van der Waals surface area (Å²) in [7, 11) is -3.79. The highest BCUT2D eigenvalue weighted by atomic mass is 32.2. The second kappa shape index (κ2) is 8.44. The number of anilines is 1. The van der Waals surface area contributed by atoms with E-state index in [0.717, 1.165) is 28.3 Å². The molecule has 1 N–H and O–H groups in total. The number of amides is 1. The van der Waals surface area contributed by atoms with Crippen molar-refractivity contribution in [2.45, 2.75) is 39.5 Å². The maximum atomic E-state index is 12.8. The van der Waals surface area contributed by atoms with Gasteiger partial charge in [-0.1, -0.05) is 24.3 Å². The molecule has 0 aliphatic rings. The van der Waals surface area contributed by atoms with E-state index in [1.165, 1.54) is 19.1 Å². The van der Waals surface area contributed by atoms with E-state index >= 15 is 0 Å². The van der Waals surface area contributed by atoms with Crippen molar-refractivity contribution in [2.24, 2.45) is 0 Å². The van der Waals surface area contributed by atoms with Gasteiger partial charge in [0, 0.05) is 6.54 Å². The Labute approximate surface area is 168 Å². The number of carbonyl (C=O) groups excluding carboxylic acids is 1. The first kappa shape index (κ1) is 22.7. The summed E-state index contributed by atoms with van der Waals surface area (Å²) in [5.41, 5.74) is 1.34. The van der Waals surface area contributed by atoms with Crippen LogP contribution < -0.4 is 9.62 Å². The van der Waals surface area contributed by atoms with Gasteiger partial charge in [0.25, 0.3) is 0 Å². The fourth-order valence-electron chi connectivity index (χ4n) is 2.93. The zero-order valence-corrected chi connectivity index (χ0v) is 17.4. The Balaban J connectivity index is 2.24. The molecule has 0 saturated carbocycles. The Morgan fingerprint density at radius 1 is 1.14 bits per heavy atom. The first-order valence-electron chi connectivity index (χ1n) is 8.81. The minimum atomic E-state index is -4.48. The Hall–Kier alpha value is -2.55. The van der Waals surface area contributed by atoms with Crippen molar-refractivity contribution in [2.75, 3.05) is 10.6 Å². The highest BCUT2D eigenvalue weighted by molar-refractivity contribution is 7.92. The number of benzene rings is 2. The van der Waals surface area contributed by atoms with E-state index in [2.05, 4.69) is 5.32 Å². The average Bonchev–Trinajstić information content (AvgIpc) is 2.61. The van der Waals surface area contributed by atoms with E-state index in [0.29, 0.717) is 11.3 Å². The van der Waals surface area contributed by atoms with E-state index in [4.69, 9.17) is 0 Å². The van der Waals surface area contributed by atoms with Crippen LogP contribution in [0.15, 0.2) is 42.5 Å². The summed E-state index contributed by atoms with van der Waals surface area (Å²) in [6.07, 6.45) is -3.48. The van der Waals surface area contributed by atoms with Crippen LogP contribution in [-0.4, -0.2) is 26.6 Å². The quantitative estimate of drug-likeness (QED) is 0.761. The molecule has 0 aromatic heterocycles. The van der Waals surface area contributed by atoms with E-state index in [9.17, 15) is 26.4 Å². The molecule has 29 heavy (non-hydrogen) atoms. The lowest BCUT2D eigenvalue weighted by molar-refractivity contribution is -0.137. The van der Waals surface area contributed by atoms with Gasteiger partial charge in [-0.05, 0) is 55.7 Å². The highest BCUT2D eigenvalue weighted by Gasteiger charge is 2.31. The molecular formula is C20H23F3N2O3S. The third kappa shape index (κ3) is 5.72. The van der Waals surface area contributed by atoms with Gasteiger partial charge in [-0.15, -0.1) is 0 Å². The molecule has 0 aliphatic carbocycles. The average molecular weight is 428 g/mol. The topological polar surface area (TPSA) is 66.5 Å². The molecule has 0 heterocycles. The van der Waals surface area contributed by atoms with Crippen LogP contribution in [0.25, 0.3) is 0 Å². The van der Waals surface area contributed by atoms with Crippen LogP contribution in [0.5, 0.6) is 0 Å². The minimum Gasteiger partial charge on any atom is -0.350 e. The largest absolute Gasteiger partial charge is 0.416 e. The lowest BCUT2D eigenvalue weighted by Crippen LogP contribution is -2.48. The number of hydrogen-bond donors (Lipinski definition) is 1. The summed E-state index contributed by atoms with van der Waals surface area (Å²) in [6.45, 7) is 4.82. The molecule has 0 fully saturated rings. The molecule has 0 aliphatic heterocycles. The van der Waals surface area contributed by atoms with Gasteiger partial charge < -0.3 is 5.32 Å². The summed E-state index contributed by atoms with van der Waals surface area (Å²) < 4.78 is 64.3. The summed E-state index contributed by atoms with van der Waals surface area (Å²) in [6, 6.07) is 8.78. The first-order chi connectivity index (χ1) is 13.3. The Bertz CT molecular complexity index is 1000. The van der Waals surface area contributed by atoms with E-state index in [1.54, 1.807) is 19.1 Å². The standard InChI is InChI=1S/C20H23F3N2O3S/c1-13-8-9-14(2)18(10-13)25(29(4,27)28)15(3)19(26)24-12-16-6-5-7-17(11-16)20(21,22)23/h5-11,15H,12H2,1-4H3,(H,24,26)/t15-/m0/s1. The molecular weight excluding hydrogens is 405 g/mol. The van der Waals surface area contributed by atoms with Crippen molar-refractivity contribution < 1.29 is 26.4 Å². The van der Waals surface area contributed by atoms with Crippen molar-refractivity contribution in [1.82, 2.24) is 5.32 Å². The van der Waals surface area contributed by atoms with Crippen LogP contribution in [-0.2, 0) is 27.5 Å². The summed E-state index contributed by atoms with van der Waals surface area (Å²) in [5, 5.41) is 2.52. The van der Waals surface area contributed by atoms with E-state index in [1.807, 2.05) is 13.0 Å². The summed E-state index contributed by atoms with van der Waals surface area (Å²) in [5.74, 6) is -0.617. The zero-order valence-electron chi connectivity index (χ0n) is 16.5. The smallest absolute Gasteiger partial charge is 0.350 e. The number of hydrogen-bond acceptors (Lipinski definition) is 3. The molecule has 9 heteroatoms. The number of carbonyl (C=O) groups is 1. The number of alkyl halides is 3. The van der Waals surface area contributed by atoms with Gasteiger partial charge in [0.15, 0.2) is 0 Å². The third-order valence-corrected chi connectivity index (χ3v) is 5.64. The van der Waals surface area contributed by atoms with Crippen LogP contribution in [0.3, 0.4) is 0 Å². The number of aryl methyl sites for hydroxylation is 2. The summed E-state index contributed by atoms with van der Waals surface area (Å²) in [4.78, 5) is 12.6. The molecule has 2 aromatic carbocycles. The van der Waals surface area contributed by atoms with Gasteiger partial charge in [-0.25, -0.2) is 8.42 Å². The second-order valence-electron chi connectivity index (χ2n) is 6.94. The van der Waals surface area contributed by atoms with Crippen LogP contribution in [0.4, 0.5) is 18.9 Å². The second-order valence-corrected chi connectivity index (χ2v) is 8.80. The molecule has 0 radical (unpaired) electrons. The number of halogens is 3. The maximum absolute atomic E-state index is 12.8. The fourth-order valence-corrected chi connectivity index (χ4v) is 4.16. The van der Waals surface area contributed by atoms with Gasteiger partial charge in [0.2, 0.25) is 15.9 Å². The Morgan fingerprint density at radius 2 is 1.79 bits per heavy atom. The minimum absolute atomic E-state index is 0.155. The summed E-state index contributed by atoms with van der Waals surface area (Å²) >= 11 is 0. The Morgan fingerprint density at radius 3 is 2.38 bits per heavy atom. The SMILES string of the molecule is Cc1ccc(C)c(N([C@@H](C)C(=O)NCc2cccc(C(F)(F)F)c2)S(C)(=O)=O)c1. The fraction of sp³-hybridized carbons (Fsp3) is 0.350. The number of nitrogens with one attached hydrogen (secondary N) is 1.